The fourth-order valence-electron chi connectivity index (χ4n) is 12.1. The van der Waals surface area contributed by atoms with Crippen LogP contribution in [0.3, 0.4) is 0 Å². The number of aromatic nitrogens is 14. The number of halogens is 4. The normalized spacial score (nSPS) is 33.4. The first-order valence-corrected chi connectivity index (χ1v) is 42.4. The Balaban J connectivity index is 0.000000204. The van der Waals surface area contributed by atoms with Crippen LogP contribution in [0.1, 0.15) is 66.5 Å². The van der Waals surface area contributed by atoms with Gasteiger partial charge < -0.3 is 107 Å². The van der Waals surface area contributed by atoms with Gasteiger partial charge >= 0.3 is 72.6 Å². The molecule has 6 aliphatic rings. The van der Waals surface area contributed by atoms with Gasteiger partial charge in [0.15, 0.2) is 83.1 Å². The molecule has 38 nitrogen and oxygen atoms in total. The third-order valence-corrected chi connectivity index (χ3v) is 23.7. The Morgan fingerprint density at radius 2 is 0.915 bits per heavy atom. The van der Waals surface area contributed by atoms with Gasteiger partial charge in [0, 0.05) is 12.4 Å². The number of hydrogen-bond acceptors (Lipinski definition) is 34. The first-order chi connectivity index (χ1) is 49.4. The molecule has 0 aliphatic carbocycles. The smallest absolute Gasteiger partial charge is 0.780 e. The van der Waals surface area contributed by atoms with E-state index in [2.05, 4.69) is 113 Å². The number of ether oxygens (including phenoxy) is 4. The van der Waals surface area contributed by atoms with Gasteiger partial charge in [0.1, 0.15) is 109 Å². The molecule has 106 heavy (non-hydrogen) atoms. The molecule has 8 aromatic rings. The summed E-state index contributed by atoms with van der Waals surface area (Å²) in [4.78, 5) is 103. The van der Waals surface area contributed by atoms with Gasteiger partial charge in [-0.2, -0.15) is 0 Å². The topological polar surface area (TPSA) is 482 Å². The predicted octanol–water partition coefficient (Wildman–Crippen LogP) is -3.68. The van der Waals surface area contributed by atoms with Gasteiger partial charge in [-0.15, -0.1) is 0 Å². The number of nitrogens with one attached hydrogen (secondary N) is 2. The Morgan fingerprint density at radius 1 is 0.547 bits per heavy atom. The maximum atomic E-state index is 16.0. The predicted molar refractivity (Wildman–Crippen MR) is 369 cm³/mol. The van der Waals surface area contributed by atoms with Crippen LogP contribution in [0.5, 0.6) is 0 Å². The first kappa shape index (κ1) is 87.0. The molecule has 14 rings (SSSR count). The zero-order valence-corrected chi connectivity index (χ0v) is 68.5. The van der Waals surface area contributed by atoms with Gasteiger partial charge in [0.05, 0.1) is 51.7 Å². The largest absolute Gasteiger partial charge is 1.00 e. The van der Waals surface area contributed by atoms with Crippen molar-refractivity contribution in [3.05, 3.63) is 82.7 Å². The molecule has 52 heteroatoms. The summed E-state index contributed by atoms with van der Waals surface area (Å²) in [6.07, 6.45) is -17.0. The number of nitrogens with two attached hydrogens (primary N) is 2. The third-order valence-electron chi connectivity index (χ3n) is 17.5. The van der Waals surface area contributed by atoms with Crippen molar-refractivity contribution in [2.24, 2.45) is 0 Å². The number of hydrogen-bond donors (Lipinski definition) is 8. The van der Waals surface area contributed by atoms with Crippen molar-refractivity contribution in [2.75, 3.05) is 77.2 Å². The number of aliphatic hydroxyl groups is 2. The van der Waals surface area contributed by atoms with E-state index in [1.54, 1.807) is 0 Å². The van der Waals surface area contributed by atoms with Crippen LogP contribution in [0.2, 0.25) is 0 Å². The molecule has 6 aliphatic heterocycles. The number of imidazole rings is 2. The molecule has 0 amide bonds. The Bertz CT molecular complexity index is 4400. The number of aliphatic hydroxyl groups excluding tert-OH is 2. The molecule has 4 unspecified atom stereocenters. The molecular formula is C54H72F4N18Na2O20P4S4. The quantitative estimate of drug-likeness (QED) is 0.0283. The van der Waals surface area contributed by atoms with E-state index in [1.165, 1.54) is 61.1 Å². The molecule has 0 aromatic carbocycles. The Kier molecular flexibility index (Phi) is 29.9. The van der Waals surface area contributed by atoms with Crippen LogP contribution in [0.15, 0.2) is 59.9 Å². The molecule has 572 valence electrons. The summed E-state index contributed by atoms with van der Waals surface area (Å²) in [7, 11) is 0. The van der Waals surface area contributed by atoms with E-state index in [1.807, 2.05) is 0 Å². The molecule has 4 bridgehead atoms. The minimum Gasteiger partial charge on any atom is -0.780 e. The molecule has 0 saturated carbocycles. The van der Waals surface area contributed by atoms with Gasteiger partial charge in [-0.3, -0.25) is 32.3 Å². The molecule has 20 atom stereocenters. The second-order valence-corrected chi connectivity index (χ2v) is 34.5. The van der Waals surface area contributed by atoms with Crippen LogP contribution in [0.25, 0.3) is 44.4 Å². The Hall–Kier alpha value is -2.97. The minimum absolute atomic E-state index is 0. The van der Waals surface area contributed by atoms with Crippen molar-refractivity contribution < 1.29 is 161 Å². The van der Waals surface area contributed by atoms with Gasteiger partial charge in [-0.1, -0.05) is 77.4 Å². The molecule has 8 aromatic heterocycles. The van der Waals surface area contributed by atoms with Crippen molar-refractivity contribution in [1.82, 2.24) is 77.9 Å². The van der Waals surface area contributed by atoms with E-state index in [0.29, 0.717) is 0 Å². The summed E-state index contributed by atoms with van der Waals surface area (Å²) in [5.74, 6) is -1.88. The summed E-state index contributed by atoms with van der Waals surface area (Å²) < 4.78 is 146. The molecule has 0 radical (unpaired) electrons. The zero-order valence-electron chi connectivity index (χ0n) is 57.6. The number of nitrogen functional groups attached to an aromatic ring is 2. The summed E-state index contributed by atoms with van der Waals surface area (Å²) in [5, 5.41) is 21.3. The number of rotatable bonds is 10. The minimum atomic E-state index is -4.59. The summed E-state index contributed by atoms with van der Waals surface area (Å²) in [5.41, 5.74) is 10.3. The number of H-pyrrole nitrogens is 2. The second-order valence-electron chi connectivity index (χ2n) is 23.5. The molecule has 9 N–H and O–H groups in total. The zero-order chi connectivity index (χ0) is 75.1. The Labute approximate surface area is 664 Å². The van der Waals surface area contributed by atoms with Crippen molar-refractivity contribution in [3.8, 4) is 0 Å². The first-order valence-electron chi connectivity index (χ1n) is 32.0. The number of nitrogens with zero attached hydrogens (tertiary/aromatic N) is 14. The summed E-state index contributed by atoms with van der Waals surface area (Å²) >= 11 is 19.2. The van der Waals surface area contributed by atoms with Crippen molar-refractivity contribution >= 4 is 131 Å². The molecule has 0 spiro atoms. The van der Waals surface area contributed by atoms with E-state index < -0.39 is 185 Å². The Morgan fingerprint density at radius 3 is 1.33 bits per heavy atom. The van der Waals surface area contributed by atoms with Crippen LogP contribution in [-0.2, 0) is 95.1 Å². The number of anilines is 2. The van der Waals surface area contributed by atoms with Crippen LogP contribution >= 0.6 is 39.2 Å². The average Bonchev–Trinajstić information content (AvgIpc) is 1.93. The number of alkyl halides is 2. The average molecular weight is 1670 g/mol. The van der Waals surface area contributed by atoms with Gasteiger partial charge in [0.25, 0.3) is 11.1 Å². The SMILES string of the molecule is CCN(CC)CC.CCN(CC)CC.Nc1ncnc2c1ncn2[C@@H]1O[C@@H]2COP(O)(=S)O[C@@H]3[C@H](O)[C@@H](COP(=O)(S)O[C@H]2[C@H]1F)O[C@H]3n1cc(F)c2c(=O)[nH]cnc21.Nc1ncnc2c1ncn2[C@@H]1O[C@@H]2COP([O-])(=S)O[C@@H]3[C@H](O)[C@@H](COP([O-])(=S)O[C@H]2[C@H]1F)O[C@H]3n1cc(F)c2c(=O)[nH]cnc21.[Na+].[Na+]. The molecule has 14 heterocycles. The molecule has 6 saturated heterocycles. The van der Waals surface area contributed by atoms with Gasteiger partial charge in [-0.05, 0) is 51.1 Å². The number of thiol groups is 1. The number of aromatic amines is 2. The van der Waals surface area contributed by atoms with E-state index >= 15 is 8.78 Å². The van der Waals surface area contributed by atoms with Crippen molar-refractivity contribution in [3.63, 3.8) is 0 Å². The summed E-state index contributed by atoms with van der Waals surface area (Å²) in [6.45, 7) is -0.429. The maximum Gasteiger partial charge on any atom is 1.00 e. The van der Waals surface area contributed by atoms with Crippen molar-refractivity contribution in [2.45, 2.75) is 140 Å². The maximum absolute atomic E-state index is 16.0. The van der Waals surface area contributed by atoms with Gasteiger partial charge in [0.2, 0.25) is 0 Å². The van der Waals surface area contributed by atoms with E-state index in [4.69, 9.17) is 102 Å². The third kappa shape index (κ3) is 18.9. The van der Waals surface area contributed by atoms with E-state index in [-0.39, 0.29) is 104 Å². The molecular weight excluding hydrogens is 1590 g/mol. The van der Waals surface area contributed by atoms with E-state index in [0.717, 1.165) is 46.8 Å². The van der Waals surface area contributed by atoms with Crippen LogP contribution in [-0.4, -0.2) is 232 Å². The fraction of sp³-hybridized carbons (Fsp3) is 0.593. The summed E-state index contributed by atoms with van der Waals surface area (Å²) in [6, 6.07) is 0. The van der Waals surface area contributed by atoms with E-state index in [9.17, 15) is 47.8 Å². The van der Waals surface area contributed by atoms with Crippen LogP contribution < -0.4 is 91.5 Å². The molecule has 6 fully saturated rings. The van der Waals surface area contributed by atoms with Crippen molar-refractivity contribution in [1.29, 1.82) is 0 Å². The standard InChI is InChI=1S/2C21H22F2N8O10P2S2.2C6H15N.2Na/c2*22-7-1-30(17-10(7)19(33)28-5-26-17)21-15-13(32)8(38-21)2-36-42(34,44)40-14-9(3-37-43(35,45)41-15)39-20(11(14)23)31-6-29-12-16(24)25-4-27-18(12)31;2*1-4-7(5-2)6-3;;/h2*1,4-6,8-9,11,13-15,20-21,32H,2-3H2,(H,34,44)(H,35,45)(H2,24,25,27)(H,26,28,33);2*4-6H2,1-3H3;;/q;;;;2*+1/p-2/t2*8-,9-,11-,13-,14-,15-,20-,21-,42?,43?;;;;/m11..../s1. The van der Waals surface area contributed by atoms with Gasteiger partial charge in [-0.25, -0.2) is 62.0 Å². The fourth-order valence-corrected chi connectivity index (χ4v) is 17.8. The second kappa shape index (κ2) is 36.5. The van der Waals surface area contributed by atoms with Crippen LogP contribution in [0.4, 0.5) is 29.2 Å². The van der Waals surface area contributed by atoms with Crippen LogP contribution in [0, 0.1) is 11.6 Å². The number of fused-ring (bicyclic) bond motifs is 10. The monoisotopic (exact) mass is 1670 g/mol.